The van der Waals surface area contributed by atoms with Crippen LogP contribution in [0.2, 0.25) is 0 Å². The summed E-state index contributed by atoms with van der Waals surface area (Å²) in [5.74, 6) is -1.05. The number of para-hydroxylation sites is 1. The number of carbonyl (C=O) groups is 1. The number of amides is 1. The number of sulfonamides is 1. The van der Waals surface area contributed by atoms with Gasteiger partial charge in [-0.05, 0) is 50.2 Å². The summed E-state index contributed by atoms with van der Waals surface area (Å²) in [5.41, 5.74) is 2.28. The fraction of sp³-hybridized carbons (Fsp3) is 0.273. The van der Waals surface area contributed by atoms with Crippen molar-refractivity contribution in [3.63, 3.8) is 0 Å². The summed E-state index contributed by atoms with van der Waals surface area (Å²) in [6.45, 7) is 3.51. The van der Waals surface area contributed by atoms with E-state index in [9.17, 15) is 26.4 Å². The number of piperazine rings is 1. The number of benzene rings is 2. The van der Waals surface area contributed by atoms with Crippen LogP contribution in [0.3, 0.4) is 0 Å². The van der Waals surface area contributed by atoms with Crippen molar-refractivity contribution in [1.29, 1.82) is 0 Å². The van der Waals surface area contributed by atoms with E-state index in [0.717, 1.165) is 34.3 Å². The molecule has 180 valence electrons. The Hall–Kier alpha value is -3.38. The number of nitrogens with zero attached hydrogens (tertiary/aromatic N) is 3. The maximum absolute atomic E-state index is 13.5. The fourth-order valence-corrected chi connectivity index (χ4v) is 5.56. The first-order valence-corrected chi connectivity index (χ1v) is 11.7. The molecule has 1 saturated heterocycles. The molecule has 0 unspecified atom stereocenters. The van der Waals surface area contributed by atoms with Gasteiger partial charge in [0.15, 0.2) is 0 Å². The monoisotopic (exact) mass is 494 g/mol. The third-order valence-electron chi connectivity index (χ3n) is 5.45. The Morgan fingerprint density at radius 2 is 1.71 bits per heavy atom. The molecule has 0 radical (unpaired) electrons. The van der Waals surface area contributed by atoms with Crippen molar-refractivity contribution in [3.05, 3.63) is 71.5 Å². The molecule has 1 aliphatic heterocycles. The van der Waals surface area contributed by atoms with E-state index in [0.29, 0.717) is 17.0 Å². The highest BCUT2D eigenvalue weighted by Crippen LogP contribution is 2.34. The SMILES string of the molecule is Cc1nn(-c2ccccc2)c(C)c1[C@@H]1C(=O)NCCN1S(=O)(=O)c1ccc(OC(F)(F)F)cc1. The van der Waals surface area contributed by atoms with Gasteiger partial charge in [-0.1, -0.05) is 18.2 Å². The average molecular weight is 494 g/mol. The number of rotatable bonds is 5. The van der Waals surface area contributed by atoms with E-state index >= 15 is 0 Å². The van der Waals surface area contributed by atoms with Crippen LogP contribution in [0.4, 0.5) is 13.2 Å². The summed E-state index contributed by atoms with van der Waals surface area (Å²) in [7, 11) is -4.24. The van der Waals surface area contributed by atoms with Crippen LogP contribution >= 0.6 is 0 Å². The fourth-order valence-electron chi connectivity index (χ4n) is 4.00. The molecule has 4 rings (SSSR count). The number of hydrogen-bond acceptors (Lipinski definition) is 5. The smallest absolute Gasteiger partial charge is 0.406 e. The van der Waals surface area contributed by atoms with Gasteiger partial charge in [0.25, 0.3) is 0 Å². The Morgan fingerprint density at radius 3 is 2.32 bits per heavy atom. The molecule has 1 atom stereocenters. The standard InChI is InChI=1S/C22H21F3N4O4S/c1-14-19(15(2)29(27-14)16-6-4-3-5-7-16)20-21(30)26-12-13-28(20)34(31,32)18-10-8-17(9-11-18)33-22(23,24)25/h3-11,20H,12-13H2,1-2H3,(H,26,30)/t20-/m1/s1. The molecule has 3 aromatic rings. The summed E-state index contributed by atoms with van der Waals surface area (Å²) in [6, 6.07) is 11.9. The molecule has 1 aromatic heterocycles. The van der Waals surface area contributed by atoms with Gasteiger partial charge in [-0.25, -0.2) is 13.1 Å². The lowest BCUT2D eigenvalue weighted by Crippen LogP contribution is -2.52. The molecule has 2 heterocycles. The molecule has 2 aromatic carbocycles. The largest absolute Gasteiger partial charge is 0.573 e. The Labute approximate surface area is 194 Å². The second-order valence-corrected chi connectivity index (χ2v) is 9.55. The van der Waals surface area contributed by atoms with Crippen LogP contribution in [0, 0.1) is 13.8 Å². The molecule has 0 spiro atoms. The molecule has 0 bridgehead atoms. The van der Waals surface area contributed by atoms with Crippen LogP contribution in [-0.2, 0) is 14.8 Å². The summed E-state index contributed by atoms with van der Waals surface area (Å²) >= 11 is 0. The van der Waals surface area contributed by atoms with E-state index in [4.69, 9.17) is 0 Å². The van der Waals surface area contributed by atoms with E-state index in [1.807, 2.05) is 30.3 Å². The van der Waals surface area contributed by atoms with Crippen molar-refractivity contribution in [2.75, 3.05) is 13.1 Å². The Kier molecular flexibility index (Phi) is 6.13. The van der Waals surface area contributed by atoms with Crippen molar-refractivity contribution < 1.29 is 31.1 Å². The number of nitrogens with one attached hydrogen (secondary N) is 1. The summed E-state index contributed by atoms with van der Waals surface area (Å²) in [4.78, 5) is 12.7. The number of carbonyl (C=O) groups excluding carboxylic acids is 1. The molecular weight excluding hydrogens is 473 g/mol. The van der Waals surface area contributed by atoms with Crippen LogP contribution in [0.1, 0.15) is 23.0 Å². The first-order chi connectivity index (χ1) is 16.0. The quantitative estimate of drug-likeness (QED) is 0.588. The van der Waals surface area contributed by atoms with Crippen molar-refractivity contribution in [1.82, 2.24) is 19.4 Å². The minimum Gasteiger partial charge on any atom is -0.406 e. The summed E-state index contributed by atoms with van der Waals surface area (Å²) < 4.78 is 70.8. The third-order valence-corrected chi connectivity index (χ3v) is 7.33. The second-order valence-electron chi connectivity index (χ2n) is 7.66. The number of aryl methyl sites for hydroxylation is 1. The number of ether oxygens (including phenoxy) is 1. The Morgan fingerprint density at radius 1 is 1.06 bits per heavy atom. The van der Waals surface area contributed by atoms with Crippen LogP contribution in [-0.4, -0.2) is 47.9 Å². The van der Waals surface area contributed by atoms with E-state index in [1.165, 1.54) is 0 Å². The molecule has 1 N–H and O–H groups in total. The van der Waals surface area contributed by atoms with Gasteiger partial charge in [0.05, 0.1) is 16.3 Å². The second kappa shape index (κ2) is 8.76. The van der Waals surface area contributed by atoms with Crippen molar-refractivity contribution in [3.8, 4) is 11.4 Å². The topological polar surface area (TPSA) is 93.5 Å². The van der Waals surface area contributed by atoms with Gasteiger partial charge >= 0.3 is 6.36 Å². The normalized spacial score (nSPS) is 17.4. The predicted molar refractivity (Wildman–Crippen MR) is 116 cm³/mol. The molecule has 12 heteroatoms. The maximum atomic E-state index is 13.5. The van der Waals surface area contributed by atoms with Gasteiger partial charge in [-0.2, -0.15) is 9.40 Å². The molecule has 1 amide bonds. The van der Waals surface area contributed by atoms with Gasteiger partial charge in [-0.15, -0.1) is 13.2 Å². The predicted octanol–water partition coefficient (Wildman–Crippen LogP) is 3.25. The zero-order chi connectivity index (χ0) is 24.7. The number of hydrogen-bond donors (Lipinski definition) is 1. The van der Waals surface area contributed by atoms with Gasteiger partial charge in [0.2, 0.25) is 15.9 Å². The van der Waals surface area contributed by atoms with E-state index in [1.54, 1.807) is 18.5 Å². The molecule has 1 fully saturated rings. The lowest BCUT2D eigenvalue weighted by atomic mass is 10.0. The summed E-state index contributed by atoms with van der Waals surface area (Å²) in [6.07, 6.45) is -4.90. The Balaban J connectivity index is 1.74. The zero-order valence-electron chi connectivity index (χ0n) is 18.2. The molecule has 0 aliphatic carbocycles. The molecule has 0 saturated carbocycles. The lowest BCUT2D eigenvalue weighted by Gasteiger charge is -2.34. The van der Waals surface area contributed by atoms with Gasteiger partial charge < -0.3 is 10.1 Å². The third kappa shape index (κ3) is 4.50. The van der Waals surface area contributed by atoms with E-state index in [2.05, 4.69) is 15.2 Å². The summed E-state index contributed by atoms with van der Waals surface area (Å²) in [5, 5.41) is 7.21. The van der Waals surface area contributed by atoms with Crippen LogP contribution in [0.25, 0.3) is 5.69 Å². The van der Waals surface area contributed by atoms with Crippen LogP contribution in [0.5, 0.6) is 5.75 Å². The lowest BCUT2D eigenvalue weighted by molar-refractivity contribution is -0.274. The first kappa shape index (κ1) is 23.8. The number of aromatic nitrogens is 2. The highest BCUT2D eigenvalue weighted by atomic mass is 32.2. The minimum atomic E-state index is -4.90. The first-order valence-electron chi connectivity index (χ1n) is 10.3. The molecular formula is C22H21F3N4O4S. The Bertz CT molecular complexity index is 1310. The van der Waals surface area contributed by atoms with Gasteiger partial charge in [0.1, 0.15) is 11.8 Å². The van der Waals surface area contributed by atoms with Crippen LogP contribution in [0.15, 0.2) is 59.5 Å². The van der Waals surface area contributed by atoms with Crippen LogP contribution < -0.4 is 10.1 Å². The maximum Gasteiger partial charge on any atom is 0.573 e. The molecule has 8 nitrogen and oxygen atoms in total. The van der Waals surface area contributed by atoms with Gasteiger partial charge in [-0.3, -0.25) is 4.79 Å². The van der Waals surface area contributed by atoms with Crippen molar-refractivity contribution in [2.24, 2.45) is 0 Å². The zero-order valence-corrected chi connectivity index (χ0v) is 19.0. The molecule has 1 aliphatic rings. The van der Waals surface area contributed by atoms with Crippen molar-refractivity contribution in [2.45, 2.75) is 31.1 Å². The minimum absolute atomic E-state index is 0.0189. The van der Waals surface area contributed by atoms with E-state index in [-0.39, 0.29) is 18.0 Å². The number of halogens is 3. The van der Waals surface area contributed by atoms with Crippen molar-refractivity contribution >= 4 is 15.9 Å². The molecule has 34 heavy (non-hydrogen) atoms. The highest BCUT2D eigenvalue weighted by Gasteiger charge is 2.42. The van der Waals surface area contributed by atoms with Gasteiger partial charge in [0, 0.05) is 24.3 Å². The average Bonchev–Trinajstić information content (AvgIpc) is 3.07. The highest BCUT2D eigenvalue weighted by molar-refractivity contribution is 7.89. The number of alkyl halides is 3. The van der Waals surface area contributed by atoms with E-state index < -0.39 is 34.1 Å².